The van der Waals surface area contributed by atoms with E-state index in [0.717, 1.165) is 16.3 Å². The van der Waals surface area contributed by atoms with Crippen LogP contribution in [0, 0.1) is 0 Å². The fraction of sp³-hybridized carbons (Fsp3) is 0. The van der Waals surface area contributed by atoms with E-state index in [0.29, 0.717) is 16.4 Å². The lowest BCUT2D eigenvalue weighted by Gasteiger charge is -2.15. The van der Waals surface area contributed by atoms with Gasteiger partial charge in [0.25, 0.3) is 0 Å². The molecule has 1 heterocycles. The lowest BCUT2D eigenvalue weighted by molar-refractivity contribution is 0.447. The molecule has 6 heteroatoms. The first-order valence-corrected chi connectivity index (χ1v) is 9.90. The molecule has 0 aliphatic carbocycles. The number of aromatic nitrogens is 3. The summed E-state index contributed by atoms with van der Waals surface area (Å²) < 4.78 is 1.56. The van der Waals surface area contributed by atoms with Gasteiger partial charge in [-0.2, -0.15) is 0 Å². The number of hydrogen-bond donors (Lipinski definition) is 3. The molecule has 0 saturated carbocycles. The number of phenols is 2. The van der Waals surface area contributed by atoms with Gasteiger partial charge in [0.1, 0.15) is 27.9 Å². The van der Waals surface area contributed by atoms with Gasteiger partial charge in [0.2, 0.25) is 0 Å². The van der Waals surface area contributed by atoms with Crippen molar-refractivity contribution < 1.29 is 10.2 Å². The Morgan fingerprint density at radius 3 is 2.23 bits per heavy atom. The summed E-state index contributed by atoms with van der Waals surface area (Å²) in [7, 11) is 0. The number of thiol groups is 1. The number of benzene rings is 5. The molecule has 6 rings (SSSR count). The third-order valence-electron chi connectivity index (χ3n) is 5.62. The van der Waals surface area contributed by atoms with Crippen LogP contribution in [0.25, 0.3) is 49.3 Å². The molecule has 1 aromatic heterocycles. The van der Waals surface area contributed by atoms with Crippen LogP contribution in [0.2, 0.25) is 0 Å². The van der Waals surface area contributed by atoms with Crippen molar-refractivity contribution in [3.8, 4) is 28.4 Å². The van der Waals surface area contributed by atoms with Crippen molar-refractivity contribution in [1.29, 1.82) is 0 Å². The fourth-order valence-electron chi connectivity index (χ4n) is 4.31. The van der Waals surface area contributed by atoms with E-state index in [1.165, 1.54) is 33.7 Å². The van der Waals surface area contributed by atoms with E-state index < -0.39 is 0 Å². The molecular formula is C24H15N3O2S. The Hall–Kier alpha value is -3.77. The molecule has 0 spiro atoms. The smallest absolute Gasteiger partial charge is 0.145 e. The van der Waals surface area contributed by atoms with Gasteiger partial charge in [-0.3, -0.25) is 0 Å². The topological polar surface area (TPSA) is 71.2 Å². The largest absolute Gasteiger partial charge is 0.508 e. The maximum absolute atomic E-state index is 10.4. The molecule has 0 aliphatic heterocycles. The standard InChI is InChI=1S/C24H15N3O2S/c28-16-8-11-19(20(29)12-16)27-23(24(30)25-26-27)18-10-7-15-5-4-13-2-1-3-14-6-9-17(18)22(15)21(13)14/h1-12,28-30H. The molecule has 5 aromatic carbocycles. The SMILES string of the molecule is Oc1ccc(-n2nnc(S)c2-c2ccc3ccc4cccc5ccc2c3c45)c(O)c1. The van der Waals surface area contributed by atoms with Gasteiger partial charge in [0, 0.05) is 11.6 Å². The maximum Gasteiger partial charge on any atom is 0.145 e. The Morgan fingerprint density at radius 2 is 1.47 bits per heavy atom. The van der Waals surface area contributed by atoms with Gasteiger partial charge >= 0.3 is 0 Å². The molecule has 0 radical (unpaired) electrons. The molecule has 30 heavy (non-hydrogen) atoms. The molecule has 0 amide bonds. The second kappa shape index (κ2) is 6.11. The number of hydrogen-bond acceptors (Lipinski definition) is 5. The van der Waals surface area contributed by atoms with Crippen LogP contribution in [-0.4, -0.2) is 25.2 Å². The summed E-state index contributed by atoms with van der Waals surface area (Å²) in [4.78, 5) is 0. The van der Waals surface area contributed by atoms with Crippen LogP contribution in [-0.2, 0) is 0 Å². The van der Waals surface area contributed by atoms with Gasteiger partial charge in [-0.15, -0.1) is 17.7 Å². The first-order chi connectivity index (χ1) is 14.6. The highest BCUT2D eigenvalue weighted by atomic mass is 32.1. The average Bonchev–Trinajstić information content (AvgIpc) is 3.13. The Labute approximate surface area is 176 Å². The van der Waals surface area contributed by atoms with Crippen LogP contribution in [0.3, 0.4) is 0 Å². The zero-order valence-corrected chi connectivity index (χ0v) is 16.5. The predicted octanol–water partition coefficient (Wildman–Crippen LogP) is 5.53. The molecule has 5 nitrogen and oxygen atoms in total. The van der Waals surface area contributed by atoms with Gasteiger partial charge in [0.15, 0.2) is 0 Å². The summed E-state index contributed by atoms with van der Waals surface area (Å²) in [6, 6.07) is 23.3. The summed E-state index contributed by atoms with van der Waals surface area (Å²) in [6.45, 7) is 0. The van der Waals surface area contributed by atoms with Crippen LogP contribution in [0.1, 0.15) is 0 Å². The Kier molecular flexibility index (Phi) is 3.49. The zero-order valence-electron chi connectivity index (χ0n) is 15.6. The molecule has 0 saturated heterocycles. The Balaban J connectivity index is 1.72. The third kappa shape index (κ3) is 2.31. The lowest BCUT2D eigenvalue weighted by Crippen LogP contribution is -2.00. The van der Waals surface area contributed by atoms with Crippen LogP contribution in [0.4, 0.5) is 0 Å². The monoisotopic (exact) mass is 409 g/mol. The van der Waals surface area contributed by atoms with Gasteiger partial charge in [0.05, 0.1) is 0 Å². The van der Waals surface area contributed by atoms with Crippen LogP contribution in [0.5, 0.6) is 11.5 Å². The highest BCUT2D eigenvalue weighted by Gasteiger charge is 2.20. The van der Waals surface area contributed by atoms with E-state index in [-0.39, 0.29) is 11.5 Å². The highest BCUT2D eigenvalue weighted by molar-refractivity contribution is 7.80. The van der Waals surface area contributed by atoms with Gasteiger partial charge in [-0.1, -0.05) is 59.8 Å². The van der Waals surface area contributed by atoms with E-state index in [4.69, 9.17) is 0 Å². The normalized spacial score (nSPS) is 11.8. The summed E-state index contributed by atoms with van der Waals surface area (Å²) in [5.41, 5.74) is 2.02. The lowest BCUT2D eigenvalue weighted by atomic mass is 9.91. The molecule has 144 valence electrons. The van der Waals surface area contributed by atoms with E-state index in [9.17, 15) is 10.2 Å². The van der Waals surface area contributed by atoms with Crippen LogP contribution < -0.4 is 0 Å². The van der Waals surface area contributed by atoms with Crippen LogP contribution >= 0.6 is 12.6 Å². The number of phenolic OH excluding ortho intramolecular Hbond substituents is 2. The molecule has 0 atom stereocenters. The van der Waals surface area contributed by atoms with Gasteiger partial charge < -0.3 is 10.2 Å². The molecular weight excluding hydrogens is 394 g/mol. The predicted molar refractivity (Wildman–Crippen MR) is 121 cm³/mol. The van der Waals surface area contributed by atoms with Crippen molar-refractivity contribution in [3.05, 3.63) is 72.8 Å². The third-order valence-corrected chi connectivity index (χ3v) is 5.92. The number of rotatable bonds is 2. The molecule has 0 unspecified atom stereocenters. The Morgan fingerprint density at radius 1 is 0.767 bits per heavy atom. The van der Waals surface area contributed by atoms with Crippen molar-refractivity contribution in [2.75, 3.05) is 0 Å². The molecule has 0 fully saturated rings. The minimum Gasteiger partial charge on any atom is -0.508 e. The second-order valence-corrected chi connectivity index (χ2v) is 7.74. The van der Waals surface area contributed by atoms with Gasteiger partial charge in [-0.25, -0.2) is 4.68 Å². The fourth-order valence-corrected chi connectivity index (χ4v) is 4.56. The van der Waals surface area contributed by atoms with E-state index in [2.05, 4.69) is 71.5 Å². The van der Waals surface area contributed by atoms with Gasteiger partial charge in [-0.05, 0) is 44.5 Å². The first kappa shape index (κ1) is 17.1. The van der Waals surface area contributed by atoms with E-state index in [1.807, 2.05) is 6.07 Å². The quantitative estimate of drug-likeness (QED) is 0.260. The number of aromatic hydroxyl groups is 2. The molecule has 0 bridgehead atoms. The zero-order chi connectivity index (χ0) is 20.4. The summed E-state index contributed by atoms with van der Waals surface area (Å²) in [6.07, 6.45) is 0. The van der Waals surface area contributed by atoms with Crippen molar-refractivity contribution >= 4 is 44.9 Å². The van der Waals surface area contributed by atoms with Crippen molar-refractivity contribution in [2.24, 2.45) is 0 Å². The second-order valence-electron chi connectivity index (χ2n) is 7.32. The minimum atomic E-state index is -0.0906. The molecule has 0 aliphatic rings. The summed E-state index contributed by atoms with van der Waals surface area (Å²) >= 11 is 4.55. The van der Waals surface area contributed by atoms with Crippen molar-refractivity contribution in [1.82, 2.24) is 15.0 Å². The minimum absolute atomic E-state index is 0.0215. The highest BCUT2D eigenvalue weighted by Crippen LogP contribution is 2.41. The molecule has 2 N–H and O–H groups in total. The first-order valence-electron chi connectivity index (χ1n) is 9.46. The molecule has 6 aromatic rings. The summed E-state index contributed by atoms with van der Waals surface area (Å²) in [5, 5.41) is 35.9. The Bertz CT molecular complexity index is 1570. The van der Waals surface area contributed by atoms with Crippen molar-refractivity contribution in [3.63, 3.8) is 0 Å². The van der Waals surface area contributed by atoms with E-state index >= 15 is 0 Å². The average molecular weight is 409 g/mol. The van der Waals surface area contributed by atoms with Crippen LogP contribution in [0.15, 0.2) is 77.8 Å². The van der Waals surface area contributed by atoms with Crippen molar-refractivity contribution in [2.45, 2.75) is 5.03 Å². The summed E-state index contributed by atoms with van der Waals surface area (Å²) in [5.74, 6) is -0.112. The number of nitrogens with zero attached hydrogens (tertiary/aromatic N) is 3. The maximum atomic E-state index is 10.4. The van der Waals surface area contributed by atoms with E-state index in [1.54, 1.807) is 10.7 Å².